The number of ether oxygens (including phenoxy) is 1. The molecule has 0 aliphatic rings. The molecule has 0 amide bonds. The van der Waals surface area contributed by atoms with Crippen LogP contribution < -0.4 is 4.74 Å². The molecule has 0 saturated carbocycles. The van der Waals surface area contributed by atoms with E-state index < -0.39 is 0 Å². The Morgan fingerprint density at radius 1 is 1.04 bits per heavy atom. The molecule has 2 nitrogen and oxygen atoms in total. The Morgan fingerprint density at radius 3 is 2.72 bits per heavy atom. The fourth-order valence-electron chi connectivity index (χ4n) is 2.33. The molecule has 0 bridgehead atoms. The second-order valence-electron chi connectivity index (χ2n) is 5.64. The molecule has 3 aromatic carbocycles. The third-order valence-electron chi connectivity index (χ3n) is 3.73. The van der Waals surface area contributed by atoms with Crippen molar-refractivity contribution in [3.8, 4) is 5.75 Å². The molecular formula is C21H17ClFNO. The maximum absolute atomic E-state index is 13.6. The minimum Gasteiger partial charge on any atom is -0.489 e. The van der Waals surface area contributed by atoms with Gasteiger partial charge in [0.05, 0.1) is 5.69 Å². The molecule has 0 fully saturated rings. The van der Waals surface area contributed by atoms with Crippen molar-refractivity contribution >= 4 is 23.5 Å². The van der Waals surface area contributed by atoms with Gasteiger partial charge in [-0.15, -0.1) is 0 Å². The average molecular weight is 354 g/mol. The van der Waals surface area contributed by atoms with Gasteiger partial charge in [0.15, 0.2) is 0 Å². The van der Waals surface area contributed by atoms with Gasteiger partial charge >= 0.3 is 0 Å². The van der Waals surface area contributed by atoms with Crippen molar-refractivity contribution < 1.29 is 9.13 Å². The zero-order valence-electron chi connectivity index (χ0n) is 13.7. The first kappa shape index (κ1) is 17.2. The molecule has 0 unspecified atom stereocenters. The van der Waals surface area contributed by atoms with E-state index in [-0.39, 0.29) is 12.4 Å². The van der Waals surface area contributed by atoms with Crippen LogP contribution in [0.1, 0.15) is 16.7 Å². The first-order chi connectivity index (χ1) is 12.1. The third-order valence-corrected chi connectivity index (χ3v) is 3.97. The molecule has 25 heavy (non-hydrogen) atoms. The number of aliphatic imine (C=N–C) groups is 1. The highest BCUT2D eigenvalue weighted by Crippen LogP contribution is 2.23. The second kappa shape index (κ2) is 7.95. The van der Waals surface area contributed by atoms with Gasteiger partial charge in [-0.1, -0.05) is 48.0 Å². The van der Waals surface area contributed by atoms with Crippen molar-refractivity contribution in [1.29, 1.82) is 0 Å². The Bertz CT molecular complexity index is 908. The SMILES string of the molecule is Cc1ccc(Cl)cc1N=Cc1cccc(OCc2ccccc2F)c1. The van der Waals surface area contributed by atoms with Gasteiger partial charge in [-0.3, -0.25) is 4.99 Å². The van der Waals surface area contributed by atoms with Gasteiger partial charge in [0.25, 0.3) is 0 Å². The van der Waals surface area contributed by atoms with Crippen LogP contribution in [0.3, 0.4) is 0 Å². The van der Waals surface area contributed by atoms with E-state index in [1.807, 2.05) is 49.4 Å². The molecule has 0 saturated heterocycles. The number of benzene rings is 3. The molecular weight excluding hydrogens is 337 g/mol. The maximum Gasteiger partial charge on any atom is 0.129 e. The highest BCUT2D eigenvalue weighted by molar-refractivity contribution is 6.30. The molecule has 0 spiro atoms. The molecule has 4 heteroatoms. The van der Waals surface area contributed by atoms with Gasteiger partial charge in [0.1, 0.15) is 18.2 Å². The summed E-state index contributed by atoms with van der Waals surface area (Å²) in [5, 5.41) is 0.653. The minimum atomic E-state index is -0.267. The first-order valence-corrected chi connectivity index (χ1v) is 8.26. The van der Waals surface area contributed by atoms with Crippen molar-refractivity contribution in [2.75, 3.05) is 0 Å². The number of nitrogens with zero attached hydrogens (tertiary/aromatic N) is 1. The smallest absolute Gasteiger partial charge is 0.129 e. The lowest BCUT2D eigenvalue weighted by Crippen LogP contribution is -1.98. The van der Waals surface area contributed by atoms with Crippen LogP contribution >= 0.6 is 11.6 Å². The van der Waals surface area contributed by atoms with Crippen molar-refractivity contribution in [3.63, 3.8) is 0 Å². The summed E-state index contributed by atoms with van der Waals surface area (Å²) < 4.78 is 19.3. The molecule has 0 atom stereocenters. The second-order valence-corrected chi connectivity index (χ2v) is 6.08. The highest BCUT2D eigenvalue weighted by atomic mass is 35.5. The predicted molar refractivity (Wildman–Crippen MR) is 101 cm³/mol. The van der Waals surface area contributed by atoms with Gasteiger partial charge in [-0.2, -0.15) is 0 Å². The van der Waals surface area contributed by atoms with Gasteiger partial charge in [0, 0.05) is 16.8 Å². The molecule has 0 radical (unpaired) electrons. The molecule has 0 aliphatic carbocycles. The van der Waals surface area contributed by atoms with Gasteiger partial charge < -0.3 is 4.74 Å². The van der Waals surface area contributed by atoms with Crippen molar-refractivity contribution in [3.05, 3.63) is 94.3 Å². The van der Waals surface area contributed by atoms with Crippen LogP contribution in [0, 0.1) is 12.7 Å². The Balaban J connectivity index is 1.72. The van der Waals surface area contributed by atoms with Crippen LogP contribution in [-0.4, -0.2) is 6.21 Å². The average Bonchev–Trinajstić information content (AvgIpc) is 2.62. The van der Waals surface area contributed by atoms with E-state index in [4.69, 9.17) is 16.3 Å². The van der Waals surface area contributed by atoms with Crippen molar-refractivity contribution in [1.82, 2.24) is 0 Å². The topological polar surface area (TPSA) is 21.6 Å². The monoisotopic (exact) mass is 353 g/mol. The summed E-state index contributed by atoms with van der Waals surface area (Å²) >= 11 is 6.01. The zero-order valence-corrected chi connectivity index (χ0v) is 14.5. The lowest BCUT2D eigenvalue weighted by molar-refractivity contribution is 0.300. The number of aryl methyl sites for hydroxylation is 1. The molecule has 0 aliphatic heterocycles. The van der Waals surface area contributed by atoms with E-state index in [1.165, 1.54) is 6.07 Å². The maximum atomic E-state index is 13.6. The molecule has 3 rings (SSSR count). The quantitative estimate of drug-likeness (QED) is 0.506. The summed E-state index contributed by atoms with van der Waals surface area (Å²) in [5.74, 6) is 0.395. The Labute approximate surface area is 151 Å². The van der Waals surface area contributed by atoms with E-state index in [9.17, 15) is 4.39 Å². The number of halogens is 2. The summed E-state index contributed by atoms with van der Waals surface area (Å²) in [6, 6.07) is 19.7. The predicted octanol–water partition coefficient (Wildman–Crippen LogP) is 6.12. The fourth-order valence-corrected chi connectivity index (χ4v) is 2.49. The van der Waals surface area contributed by atoms with Gasteiger partial charge in [-0.05, 0) is 48.4 Å². The lowest BCUT2D eigenvalue weighted by Gasteiger charge is -2.07. The molecule has 126 valence electrons. The van der Waals surface area contributed by atoms with E-state index in [0.717, 1.165) is 16.8 Å². The Hall–Kier alpha value is -2.65. The normalized spacial score (nSPS) is 11.0. The van der Waals surface area contributed by atoms with E-state index in [2.05, 4.69) is 4.99 Å². The first-order valence-electron chi connectivity index (χ1n) is 7.88. The minimum absolute atomic E-state index is 0.181. The summed E-state index contributed by atoms with van der Waals surface area (Å²) in [4.78, 5) is 4.49. The van der Waals surface area contributed by atoms with Gasteiger partial charge in [0.2, 0.25) is 0 Å². The lowest BCUT2D eigenvalue weighted by atomic mass is 10.2. The van der Waals surface area contributed by atoms with Crippen LogP contribution in [0.15, 0.2) is 71.7 Å². The Morgan fingerprint density at radius 2 is 1.88 bits per heavy atom. The number of hydrogen-bond acceptors (Lipinski definition) is 2. The van der Waals surface area contributed by atoms with E-state index >= 15 is 0 Å². The summed E-state index contributed by atoms with van der Waals surface area (Å²) in [6.45, 7) is 2.16. The Kier molecular flexibility index (Phi) is 5.46. The number of rotatable bonds is 5. The largest absolute Gasteiger partial charge is 0.489 e. The van der Waals surface area contributed by atoms with E-state index in [1.54, 1.807) is 24.4 Å². The summed E-state index contributed by atoms with van der Waals surface area (Å²) in [6.07, 6.45) is 1.76. The van der Waals surface area contributed by atoms with Crippen molar-refractivity contribution in [2.24, 2.45) is 4.99 Å². The summed E-state index contributed by atoms with van der Waals surface area (Å²) in [5.41, 5.74) is 3.29. The number of hydrogen-bond donors (Lipinski definition) is 0. The third kappa shape index (κ3) is 4.68. The van der Waals surface area contributed by atoms with Crippen LogP contribution in [-0.2, 0) is 6.61 Å². The van der Waals surface area contributed by atoms with Crippen molar-refractivity contribution in [2.45, 2.75) is 13.5 Å². The highest BCUT2D eigenvalue weighted by Gasteiger charge is 2.02. The van der Waals surface area contributed by atoms with E-state index in [0.29, 0.717) is 16.3 Å². The zero-order chi connectivity index (χ0) is 17.6. The van der Waals surface area contributed by atoms with Crippen LogP contribution in [0.2, 0.25) is 5.02 Å². The summed E-state index contributed by atoms with van der Waals surface area (Å²) in [7, 11) is 0. The fraction of sp³-hybridized carbons (Fsp3) is 0.0952. The standard InChI is InChI=1S/C21H17ClFNO/c1-15-9-10-18(22)12-21(15)24-13-16-5-4-7-19(11-16)25-14-17-6-2-3-8-20(17)23/h2-13H,14H2,1H3. The molecule has 0 heterocycles. The molecule has 0 aromatic heterocycles. The molecule has 0 N–H and O–H groups in total. The molecule has 3 aromatic rings. The van der Waals surface area contributed by atoms with Gasteiger partial charge in [-0.25, -0.2) is 4.39 Å². The van der Waals surface area contributed by atoms with Crippen LogP contribution in [0.4, 0.5) is 10.1 Å². The van der Waals surface area contributed by atoms with Crippen LogP contribution in [0.5, 0.6) is 5.75 Å². The van der Waals surface area contributed by atoms with Crippen LogP contribution in [0.25, 0.3) is 0 Å².